The second-order valence-corrected chi connectivity index (χ2v) is 17.9. The van der Waals surface area contributed by atoms with Crippen LogP contribution in [0.3, 0.4) is 0 Å². The zero-order valence-corrected chi connectivity index (χ0v) is 45.2. The normalized spacial score (nSPS) is 10.3. The van der Waals surface area contributed by atoms with E-state index >= 15 is 0 Å². The summed E-state index contributed by atoms with van der Waals surface area (Å²) in [5.41, 5.74) is 20.7. The summed E-state index contributed by atoms with van der Waals surface area (Å²) in [5, 5.41) is 0. The molecule has 0 unspecified atom stereocenters. The molecule has 0 fully saturated rings. The van der Waals surface area contributed by atoms with Crippen molar-refractivity contribution in [1.82, 2.24) is 15.0 Å². The summed E-state index contributed by atoms with van der Waals surface area (Å²) in [6, 6.07) is 101. The summed E-state index contributed by atoms with van der Waals surface area (Å²) in [7, 11) is 0. The summed E-state index contributed by atoms with van der Waals surface area (Å²) in [5.74, 6) is 0. The summed E-state index contributed by atoms with van der Waals surface area (Å²) in [6.07, 6.45) is 9.13. The van der Waals surface area contributed by atoms with E-state index in [0.717, 1.165) is 78.7 Å². The number of nitrogens with zero attached hydrogens (tertiary/aromatic N) is 4. The molecule has 0 aliphatic rings. The van der Waals surface area contributed by atoms with Gasteiger partial charge in [-0.05, 0) is 140 Å². The van der Waals surface area contributed by atoms with Gasteiger partial charge in [0.15, 0.2) is 0 Å². The van der Waals surface area contributed by atoms with Crippen LogP contribution in [-0.4, -0.2) is 15.0 Å². The van der Waals surface area contributed by atoms with E-state index in [9.17, 15) is 0 Å². The quantitative estimate of drug-likeness (QED) is 0.114. The molecule has 9 aromatic carbocycles. The first-order valence-corrected chi connectivity index (χ1v) is 25.4. The van der Waals surface area contributed by atoms with E-state index in [2.05, 4.69) is 209 Å². The van der Waals surface area contributed by atoms with E-state index in [-0.39, 0.29) is 20.1 Å². The molecule has 0 bridgehead atoms. The van der Waals surface area contributed by atoms with E-state index in [4.69, 9.17) is 0 Å². The van der Waals surface area contributed by atoms with Gasteiger partial charge in [0, 0.05) is 35.7 Å². The molecule has 78 heavy (non-hydrogen) atoms. The summed E-state index contributed by atoms with van der Waals surface area (Å²) in [4.78, 5) is 15.2. The van der Waals surface area contributed by atoms with Crippen molar-refractivity contribution in [3.63, 3.8) is 0 Å². The summed E-state index contributed by atoms with van der Waals surface area (Å²) in [6.45, 7) is 7.84. The number of anilines is 3. The Morgan fingerprint density at radius 2 is 0.641 bits per heavy atom. The van der Waals surface area contributed by atoms with Crippen molar-refractivity contribution in [3.8, 4) is 78.3 Å². The maximum atomic E-state index is 4.52. The number of benzene rings is 9. The van der Waals surface area contributed by atoms with Crippen LogP contribution in [0.25, 0.3) is 90.4 Å². The first-order valence-electron chi connectivity index (χ1n) is 25.4. The van der Waals surface area contributed by atoms with E-state index in [1.54, 1.807) is 12.4 Å². The Labute approximate surface area is 472 Å². The van der Waals surface area contributed by atoms with Crippen molar-refractivity contribution in [3.05, 3.63) is 328 Å². The molecule has 5 heteroatoms. The Kier molecular flexibility index (Phi) is 18.2. The molecule has 0 aliphatic heterocycles. The summed E-state index contributed by atoms with van der Waals surface area (Å²) < 4.78 is 0. The molecule has 0 atom stereocenters. The molecule has 374 valence electrons. The molecule has 4 nitrogen and oxygen atoms in total. The predicted molar refractivity (Wildman–Crippen MR) is 322 cm³/mol. The minimum atomic E-state index is 0. The molecule has 3 heterocycles. The topological polar surface area (TPSA) is 41.9 Å². The third-order valence-electron chi connectivity index (χ3n) is 12.9. The molecule has 12 rings (SSSR count). The van der Waals surface area contributed by atoms with Gasteiger partial charge in [-0.15, -0.1) is 107 Å². The van der Waals surface area contributed by atoms with E-state index in [1.807, 2.05) is 128 Å². The Hall–Kier alpha value is -9.64. The van der Waals surface area contributed by atoms with Gasteiger partial charge in [-0.1, -0.05) is 153 Å². The van der Waals surface area contributed by atoms with Gasteiger partial charge >= 0.3 is 20.1 Å². The average molecular weight is 1180 g/mol. The largest absolute Gasteiger partial charge is 3.00 e. The maximum absolute atomic E-state index is 4.52. The molecular weight excluding hydrogens is 1130 g/mol. The zero-order valence-electron chi connectivity index (χ0n) is 42.8. The van der Waals surface area contributed by atoms with E-state index < -0.39 is 0 Å². The van der Waals surface area contributed by atoms with Gasteiger partial charge in [-0.3, -0.25) is 0 Å². The first kappa shape index (κ1) is 53.2. The molecule has 0 saturated carbocycles. The van der Waals surface area contributed by atoms with Crippen molar-refractivity contribution >= 4 is 29.2 Å². The second kappa shape index (κ2) is 26.7. The van der Waals surface area contributed by atoms with Crippen molar-refractivity contribution in [2.75, 3.05) is 4.90 Å². The summed E-state index contributed by atoms with van der Waals surface area (Å²) >= 11 is 0. The third kappa shape index (κ3) is 13.6. The Bertz CT molecular complexity index is 3590. The fourth-order valence-corrected chi connectivity index (χ4v) is 8.87. The number of rotatable bonds is 12. The second-order valence-electron chi connectivity index (χ2n) is 17.9. The van der Waals surface area contributed by atoms with Crippen LogP contribution in [0.4, 0.5) is 17.1 Å². The number of hydrogen-bond donors (Lipinski definition) is 0. The minimum absolute atomic E-state index is 0. The predicted octanol–water partition coefficient (Wildman–Crippen LogP) is 19.1. The number of hydrogen-bond acceptors (Lipinski definition) is 4. The zero-order chi connectivity index (χ0) is 52.4. The molecule has 12 aromatic rings. The van der Waals surface area contributed by atoms with Crippen LogP contribution in [0, 0.1) is 18.2 Å². The van der Waals surface area contributed by atoms with Gasteiger partial charge < -0.3 is 19.9 Å². The van der Waals surface area contributed by atoms with Gasteiger partial charge in [0.1, 0.15) is 0 Å². The van der Waals surface area contributed by atoms with Crippen LogP contribution in [0.5, 0.6) is 0 Å². The molecule has 0 aliphatic carbocycles. The van der Waals surface area contributed by atoms with Crippen LogP contribution in [0.15, 0.2) is 299 Å². The molecule has 0 saturated heterocycles. The smallest absolute Gasteiger partial charge is 0.311 e. The fourth-order valence-electron chi connectivity index (χ4n) is 8.87. The van der Waals surface area contributed by atoms with Crippen molar-refractivity contribution in [2.24, 2.45) is 0 Å². The maximum Gasteiger partial charge on any atom is 3.00 e. The SMILES string of the molecule is C=Cc1ccc(N(c2ccc(C=C)cc2)c2ccc(-c3cccc(-c4cccc(-c5cccc(-c6cc[c-]c(-c7ccccn7)c6)c5)c4)c3)cc2)cc1.[Ir+3].[c-]1ccccc1-c1ccccn1.[c-]1ccccc1-c1ccccn1. The van der Waals surface area contributed by atoms with Crippen LogP contribution >= 0.6 is 0 Å². The average Bonchev–Trinajstić information content (AvgIpc) is 3.53. The molecular formula is C73H53IrN4. The number of aromatic nitrogens is 3. The monoisotopic (exact) mass is 1180 g/mol. The first-order chi connectivity index (χ1) is 38.1. The van der Waals surface area contributed by atoms with Gasteiger partial charge in [-0.25, -0.2) is 0 Å². The van der Waals surface area contributed by atoms with Crippen LogP contribution < -0.4 is 4.90 Å². The minimum Gasteiger partial charge on any atom is -0.311 e. The van der Waals surface area contributed by atoms with E-state index in [1.165, 1.54) is 27.8 Å². The van der Waals surface area contributed by atoms with Crippen LogP contribution in [0.1, 0.15) is 11.1 Å². The number of pyridine rings is 3. The molecule has 0 radical (unpaired) electrons. The van der Waals surface area contributed by atoms with E-state index in [0.29, 0.717) is 0 Å². The molecule has 0 amide bonds. The van der Waals surface area contributed by atoms with Gasteiger partial charge in [0.2, 0.25) is 0 Å². The van der Waals surface area contributed by atoms with Crippen molar-refractivity contribution in [1.29, 1.82) is 0 Å². The molecule has 0 spiro atoms. The Morgan fingerprint density at radius 3 is 1.00 bits per heavy atom. The van der Waals surface area contributed by atoms with Gasteiger partial charge in [-0.2, -0.15) is 0 Å². The Morgan fingerprint density at radius 1 is 0.295 bits per heavy atom. The van der Waals surface area contributed by atoms with Crippen molar-refractivity contribution < 1.29 is 20.1 Å². The molecule has 0 N–H and O–H groups in total. The van der Waals surface area contributed by atoms with Gasteiger partial charge in [0.05, 0.1) is 0 Å². The van der Waals surface area contributed by atoms with Crippen LogP contribution in [-0.2, 0) is 20.1 Å². The Balaban J connectivity index is 0.000000240. The molecule has 3 aromatic heterocycles. The standard InChI is InChI=1S/C51H37N2.2C11H8N.Ir/c1-3-37-20-26-48(27-21-37)53(49-28-22-38(4-2)23-29-49)50-30-24-39(25-31-50)40-11-7-12-41(33-40)42-13-8-14-43(34-42)44-15-9-16-45(35-44)46-17-10-18-47(36-46)51-19-5-6-32-52-51;2*1-2-6-10(7-3-1)11-8-4-5-9-12-11;/h3-17,19-36H,1-2H2;2*1-6,8-9H;/q3*-1;+3. The van der Waals surface area contributed by atoms with Gasteiger partial charge in [0.25, 0.3) is 0 Å². The van der Waals surface area contributed by atoms with Crippen molar-refractivity contribution in [2.45, 2.75) is 0 Å². The fraction of sp³-hybridized carbons (Fsp3) is 0. The third-order valence-corrected chi connectivity index (χ3v) is 12.9. The van der Waals surface area contributed by atoms with Crippen LogP contribution in [0.2, 0.25) is 0 Å².